The van der Waals surface area contributed by atoms with Crippen molar-refractivity contribution in [2.24, 2.45) is 0 Å². The Bertz CT molecular complexity index is 524. The van der Waals surface area contributed by atoms with Crippen molar-refractivity contribution in [1.82, 2.24) is 4.72 Å². The summed E-state index contributed by atoms with van der Waals surface area (Å²) in [7, 11) is -3.61. The predicted molar refractivity (Wildman–Crippen MR) is 78.7 cm³/mol. The molecule has 0 amide bonds. The van der Waals surface area contributed by atoms with Crippen LogP contribution in [0.1, 0.15) is 29.9 Å². The summed E-state index contributed by atoms with van der Waals surface area (Å²) in [6.45, 7) is 3.86. The van der Waals surface area contributed by atoms with Crippen LogP contribution in [0.4, 0.5) is 0 Å². The fraction of sp³-hybridized carbons (Fsp3) is 0.545. The van der Waals surface area contributed by atoms with Gasteiger partial charge in [-0.15, -0.1) is 11.3 Å². The summed E-state index contributed by atoms with van der Waals surface area (Å²) in [5.74, 6) is 0.788. The summed E-state index contributed by atoms with van der Waals surface area (Å²) in [5.41, 5.74) is 0. The van der Waals surface area contributed by atoms with Crippen molar-refractivity contribution in [1.29, 1.82) is 0 Å². The van der Waals surface area contributed by atoms with E-state index in [1.54, 1.807) is 18.7 Å². The minimum atomic E-state index is -3.61. The van der Waals surface area contributed by atoms with Gasteiger partial charge in [-0.25, -0.2) is 17.9 Å². The van der Waals surface area contributed by atoms with Crippen molar-refractivity contribution in [2.45, 2.75) is 30.5 Å². The van der Waals surface area contributed by atoms with Gasteiger partial charge in [-0.05, 0) is 37.0 Å². The molecule has 0 saturated carbocycles. The van der Waals surface area contributed by atoms with Crippen molar-refractivity contribution in [2.75, 3.05) is 11.5 Å². The first-order valence-corrected chi connectivity index (χ1v) is 9.25. The number of hydrogen-bond acceptors (Lipinski definition) is 5. The summed E-state index contributed by atoms with van der Waals surface area (Å²) < 4.78 is 26.6. The molecular weight excluding hydrogens is 306 g/mol. The van der Waals surface area contributed by atoms with Gasteiger partial charge < -0.3 is 5.11 Å². The second-order valence-electron chi connectivity index (χ2n) is 3.93. The number of hydrogen-bond donors (Lipinski definition) is 2. The Morgan fingerprint density at radius 1 is 1.53 bits per heavy atom. The first-order chi connectivity index (χ1) is 8.86. The molecule has 2 N–H and O–H groups in total. The highest BCUT2D eigenvalue weighted by atomic mass is 32.2. The highest BCUT2D eigenvalue weighted by molar-refractivity contribution is 7.99. The number of nitrogens with one attached hydrogen (secondary N) is 1. The van der Waals surface area contributed by atoms with E-state index < -0.39 is 16.0 Å². The van der Waals surface area contributed by atoms with E-state index in [0.29, 0.717) is 0 Å². The van der Waals surface area contributed by atoms with Crippen LogP contribution in [0.2, 0.25) is 0 Å². The molecule has 0 radical (unpaired) electrons. The number of thioether (sulfide) groups is 1. The lowest BCUT2D eigenvalue weighted by atomic mass is 10.3. The number of aromatic carboxylic acids is 1. The van der Waals surface area contributed by atoms with Crippen LogP contribution in [0, 0.1) is 0 Å². The van der Waals surface area contributed by atoms with Crippen LogP contribution >= 0.6 is 23.1 Å². The molecule has 19 heavy (non-hydrogen) atoms. The molecule has 0 aliphatic carbocycles. The highest BCUT2D eigenvalue weighted by Gasteiger charge is 2.20. The van der Waals surface area contributed by atoms with Gasteiger partial charge in [-0.1, -0.05) is 6.92 Å². The Kier molecular flexibility index (Phi) is 6.31. The third kappa shape index (κ3) is 5.13. The molecule has 8 heteroatoms. The molecule has 1 aromatic heterocycles. The average Bonchev–Trinajstić information content (AvgIpc) is 2.78. The van der Waals surface area contributed by atoms with E-state index in [9.17, 15) is 13.2 Å². The number of carboxylic acid groups (broad SMARTS) is 1. The monoisotopic (exact) mass is 323 g/mol. The molecule has 0 fully saturated rings. The largest absolute Gasteiger partial charge is 0.477 e. The normalized spacial score (nSPS) is 13.4. The van der Waals surface area contributed by atoms with Crippen LogP contribution in [0.3, 0.4) is 0 Å². The Morgan fingerprint density at radius 2 is 2.21 bits per heavy atom. The van der Waals surface area contributed by atoms with Gasteiger partial charge in [0, 0.05) is 6.04 Å². The van der Waals surface area contributed by atoms with E-state index in [2.05, 4.69) is 11.6 Å². The molecule has 0 saturated heterocycles. The van der Waals surface area contributed by atoms with Gasteiger partial charge in [0.2, 0.25) is 10.0 Å². The minimum absolute atomic E-state index is 0.0227. The Morgan fingerprint density at radius 3 is 2.74 bits per heavy atom. The third-order valence-electron chi connectivity index (χ3n) is 2.31. The van der Waals surface area contributed by atoms with E-state index in [-0.39, 0.29) is 15.1 Å². The number of carboxylic acids is 1. The van der Waals surface area contributed by atoms with Crippen molar-refractivity contribution in [3.8, 4) is 0 Å². The molecule has 1 rings (SSSR count). The minimum Gasteiger partial charge on any atom is -0.477 e. The van der Waals surface area contributed by atoms with Gasteiger partial charge >= 0.3 is 5.97 Å². The van der Waals surface area contributed by atoms with Gasteiger partial charge in [0.15, 0.2) is 0 Å². The molecule has 0 aliphatic rings. The fourth-order valence-corrected chi connectivity index (χ4v) is 4.61. The molecule has 0 spiro atoms. The summed E-state index contributed by atoms with van der Waals surface area (Å²) in [5, 5.41) is 8.78. The molecule has 1 atom stereocenters. The van der Waals surface area contributed by atoms with Crippen LogP contribution in [0.15, 0.2) is 16.3 Å². The lowest BCUT2D eigenvalue weighted by Crippen LogP contribution is -2.32. The maximum absolute atomic E-state index is 12.0. The molecule has 0 aromatic carbocycles. The second kappa shape index (κ2) is 7.28. The van der Waals surface area contributed by atoms with Crippen LogP contribution < -0.4 is 4.72 Å². The number of sulfonamides is 1. The van der Waals surface area contributed by atoms with Gasteiger partial charge in [0.1, 0.15) is 9.09 Å². The smallest absolute Gasteiger partial charge is 0.345 e. The quantitative estimate of drug-likeness (QED) is 0.717. The summed E-state index contributed by atoms with van der Waals surface area (Å²) in [6, 6.07) is 2.46. The highest BCUT2D eigenvalue weighted by Crippen LogP contribution is 2.22. The van der Waals surface area contributed by atoms with Crippen LogP contribution in [0.25, 0.3) is 0 Å². The van der Waals surface area contributed by atoms with Crippen LogP contribution in [-0.2, 0) is 10.0 Å². The molecular formula is C11H17NO4S3. The first-order valence-electron chi connectivity index (χ1n) is 5.80. The number of rotatable bonds is 8. The zero-order valence-corrected chi connectivity index (χ0v) is 13.2. The fourth-order valence-electron chi connectivity index (χ4n) is 1.37. The SMILES string of the molecule is CCSCCC(C)NS(=O)(=O)c1ccc(C(=O)O)s1. The first kappa shape index (κ1) is 16.5. The summed E-state index contributed by atoms with van der Waals surface area (Å²) >= 11 is 2.52. The molecule has 1 unspecified atom stereocenters. The molecule has 108 valence electrons. The van der Waals surface area contributed by atoms with Gasteiger partial charge in [0.05, 0.1) is 0 Å². The third-order valence-corrected chi connectivity index (χ3v) is 6.40. The van der Waals surface area contributed by atoms with E-state index in [1.807, 2.05) is 0 Å². The molecule has 5 nitrogen and oxygen atoms in total. The topological polar surface area (TPSA) is 83.5 Å². The lowest BCUT2D eigenvalue weighted by molar-refractivity contribution is 0.0702. The Hall–Kier alpha value is -0.570. The Labute approximate surface area is 121 Å². The average molecular weight is 323 g/mol. The zero-order chi connectivity index (χ0) is 14.5. The van der Waals surface area contributed by atoms with E-state index in [4.69, 9.17) is 5.11 Å². The lowest BCUT2D eigenvalue weighted by Gasteiger charge is -2.12. The maximum atomic E-state index is 12.0. The van der Waals surface area contributed by atoms with E-state index >= 15 is 0 Å². The summed E-state index contributed by atoms with van der Waals surface area (Å²) in [6.07, 6.45) is 0.745. The van der Waals surface area contributed by atoms with Crippen LogP contribution in [0.5, 0.6) is 0 Å². The zero-order valence-electron chi connectivity index (χ0n) is 10.8. The summed E-state index contributed by atoms with van der Waals surface area (Å²) in [4.78, 5) is 10.8. The predicted octanol–water partition coefficient (Wildman–Crippen LogP) is 2.26. The van der Waals surface area contributed by atoms with Crippen molar-refractivity contribution < 1.29 is 18.3 Å². The van der Waals surface area contributed by atoms with Crippen molar-refractivity contribution in [3.63, 3.8) is 0 Å². The maximum Gasteiger partial charge on any atom is 0.345 e. The number of thiophene rings is 1. The van der Waals surface area contributed by atoms with Crippen molar-refractivity contribution in [3.05, 3.63) is 17.0 Å². The van der Waals surface area contributed by atoms with Gasteiger partial charge in [-0.2, -0.15) is 11.8 Å². The van der Waals surface area contributed by atoms with Gasteiger partial charge in [-0.3, -0.25) is 0 Å². The molecule has 0 aliphatic heterocycles. The van der Waals surface area contributed by atoms with Crippen LogP contribution in [-0.4, -0.2) is 37.0 Å². The van der Waals surface area contributed by atoms with Gasteiger partial charge in [0.25, 0.3) is 0 Å². The second-order valence-corrected chi connectivity index (χ2v) is 8.35. The Balaban J connectivity index is 2.66. The van der Waals surface area contributed by atoms with Crippen molar-refractivity contribution >= 4 is 39.1 Å². The molecule has 1 aromatic rings. The molecule has 1 heterocycles. The molecule has 0 bridgehead atoms. The van der Waals surface area contributed by atoms with E-state index in [0.717, 1.165) is 29.3 Å². The van der Waals surface area contributed by atoms with E-state index in [1.165, 1.54) is 12.1 Å². The number of carbonyl (C=O) groups is 1. The standard InChI is InChI=1S/C11H17NO4S3/c1-3-17-7-6-8(2)12-19(15,16)10-5-4-9(18-10)11(13)14/h4-5,8,12H,3,6-7H2,1-2H3,(H,13,14).